The van der Waals surface area contributed by atoms with E-state index in [1.54, 1.807) is 0 Å². The van der Waals surface area contributed by atoms with E-state index in [1.807, 2.05) is 12.1 Å². The molecule has 0 fully saturated rings. The zero-order valence-corrected chi connectivity index (χ0v) is 30.7. The van der Waals surface area contributed by atoms with Gasteiger partial charge < -0.3 is 8.83 Å². The van der Waals surface area contributed by atoms with Crippen LogP contribution in [0.25, 0.3) is 122 Å². The summed E-state index contributed by atoms with van der Waals surface area (Å²) in [4.78, 5) is 11.2. The van der Waals surface area contributed by atoms with Gasteiger partial charge in [-0.05, 0) is 77.6 Å². The van der Waals surface area contributed by atoms with Gasteiger partial charge in [0.05, 0.1) is 27.6 Å². The summed E-state index contributed by atoms with van der Waals surface area (Å²) < 4.78 is 15.8. The predicted octanol–water partition coefficient (Wildman–Crippen LogP) is 14.0. The molecule has 4 heterocycles. The van der Waals surface area contributed by atoms with Crippen molar-refractivity contribution >= 4 is 93.4 Å². The third kappa shape index (κ3) is 4.28. The fourth-order valence-electron chi connectivity index (χ4n) is 9.59. The molecule has 0 amide bonds. The highest BCUT2D eigenvalue weighted by molar-refractivity contribution is 6.40. The molecule has 0 bridgehead atoms. The molecule has 13 rings (SSSR count). The molecule has 0 N–H and O–H groups in total. The number of furan rings is 2. The maximum absolute atomic E-state index is 6.97. The van der Waals surface area contributed by atoms with E-state index in [4.69, 9.17) is 18.8 Å². The lowest BCUT2D eigenvalue weighted by Gasteiger charge is -2.18. The molecule has 0 saturated carbocycles. The molecule has 12 aromatic rings. The fraction of sp³-hybridized carbons (Fsp3) is 0.0385. The van der Waals surface area contributed by atoms with Gasteiger partial charge in [-0.3, -0.25) is 4.57 Å². The van der Waals surface area contributed by atoms with Crippen LogP contribution in [0.1, 0.15) is 17.5 Å². The summed E-state index contributed by atoms with van der Waals surface area (Å²) >= 11 is 0. The van der Waals surface area contributed by atoms with Crippen LogP contribution in [0.3, 0.4) is 0 Å². The lowest BCUT2D eigenvalue weighted by Crippen LogP contribution is -2.06. The molecule has 5 nitrogen and oxygen atoms in total. The Balaban J connectivity index is 1.23. The van der Waals surface area contributed by atoms with Crippen molar-refractivity contribution in [2.45, 2.75) is 12.8 Å². The molecule has 4 aromatic heterocycles. The average molecular weight is 730 g/mol. The smallest absolute Gasteiger partial charge is 0.235 e. The quantitative estimate of drug-likeness (QED) is 0.182. The van der Waals surface area contributed by atoms with Crippen molar-refractivity contribution in [1.82, 2.24) is 14.5 Å². The predicted molar refractivity (Wildman–Crippen MR) is 234 cm³/mol. The summed E-state index contributed by atoms with van der Waals surface area (Å²) in [5.41, 5.74) is 13.2. The Morgan fingerprint density at radius 2 is 1.21 bits per heavy atom. The van der Waals surface area contributed by atoms with Crippen LogP contribution in [0.5, 0.6) is 0 Å². The van der Waals surface area contributed by atoms with Crippen molar-refractivity contribution in [3.63, 3.8) is 0 Å². The highest BCUT2D eigenvalue weighted by Gasteiger charge is 2.27. The normalized spacial score (nSPS) is 13.1. The van der Waals surface area contributed by atoms with E-state index in [9.17, 15) is 0 Å². The zero-order chi connectivity index (χ0) is 37.2. The van der Waals surface area contributed by atoms with Crippen molar-refractivity contribution in [2.75, 3.05) is 0 Å². The molecular weight excluding hydrogens is 699 g/mol. The van der Waals surface area contributed by atoms with Crippen LogP contribution in [0, 0.1) is 0 Å². The topological polar surface area (TPSA) is 57.0 Å². The summed E-state index contributed by atoms with van der Waals surface area (Å²) in [5.74, 6) is 0.630. The Bertz CT molecular complexity index is 3700. The molecule has 0 saturated heterocycles. The van der Waals surface area contributed by atoms with Gasteiger partial charge in [-0.25, -0.2) is 9.97 Å². The molecule has 5 heteroatoms. The second kappa shape index (κ2) is 11.5. The standard InChI is InChI=1S/C52H31N3O2/c1-2-13-30(14-3-1)32-16-12-17-33(29-32)48-39-26-25-31-15-4-5-18-34(31)49(39)54-52(53-48)55-40-22-9-6-19-35(40)47-50(55)38-27-28-43-44(36-20-7-10-23-41(36)56-43)45(38)46-37-21-8-11-24-42(37)57-51(46)47/h1-4,6-17,19-29H,5,18H2. The average Bonchev–Trinajstić information content (AvgIpc) is 3.96. The number of fused-ring (bicyclic) bond motifs is 17. The molecule has 1 aliphatic rings. The van der Waals surface area contributed by atoms with Crippen molar-refractivity contribution < 1.29 is 8.83 Å². The first-order chi connectivity index (χ1) is 28.3. The van der Waals surface area contributed by atoms with E-state index in [1.165, 1.54) is 16.7 Å². The lowest BCUT2D eigenvalue weighted by atomic mass is 9.92. The van der Waals surface area contributed by atoms with Crippen LogP contribution in [-0.4, -0.2) is 14.5 Å². The van der Waals surface area contributed by atoms with Gasteiger partial charge in [0, 0.05) is 48.7 Å². The number of aryl methyl sites for hydroxylation is 1. The summed E-state index contributed by atoms with van der Waals surface area (Å²) in [6.45, 7) is 0. The number of aromatic nitrogens is 3. The minimum atomic E-state index is 0.630. The molecule has 266 valence electrons. The Labute approximate surface area is 325 Å². The number of nitrogens with zero attached hydrogens (tertiary/aromatic N) is 3. The Hall–Kier alpha value is -7.50. The van der Waals surface area contributed by atoms with Crippen molar-refractivity contribution in [1.29, 1.82) is 0 Å². The first-order valence-corrected chi connectivity index (χ1v) is 19.6. The number of hydrogen-bond acceptors (Lipinski definition) is 4. The van der Waals surface area contributed by atoms with E-state index in [0.29, 0.717) is 5.95 Å². The van der Waals surface area contributed by atoms with Crippen LogP contribution in [0.15, 0.2) is 167 Å². The second-order valence-electron chi connectivity index (χ2n) is 15.1. The van der Waals surface area contributed by atoms with E-state index < -0.39 is 0 Å². The number of benzene rings is 8. The van der Waals surface area contributed by atoms with E-state index in [0.717, 1.165) is 117 Å². The van der Waals surface area contributed by atoms with Gasteiger partial charge in [0.1, 0.15) is 22.3 Å². The Kier molecular flexibility index (Phi) is 6.22. The van der Waals surface area contributed by atoms with Gasteiger partial charge in [0.25, 0.3) is 0 Å². The Morgan fingerprint density at radius 1 is 0.491 bits per heavy atom. The van der Waals surface area contributed by atoms with Gasteiger partial charge in [-0.2, -0.15) is 0 Å². The zero-order valence-electron chi connectivity index (χ0n) is 30.7. The van der Waals surface area contributed by atoms with Gasteiger partial charge in [-0.1, -0.05) is 121 Å². The Morgan fingerprint density at radius 3 is 2.09 bits per heavy atom. The van der Waals surface area contributed by atoms with E-state index >= 15 is 0 Å². The first-order valence-electron chi connectivity index (χ1n) is 19.6. The molecular formula is C52H31N3O2. The van der Waals surface area contributed by atoms with Crippen LogP contribution in [-0.2, 0) is 6.42 Å². The van der Waals surface area contributed by atoms with E-state index in [-0.39, 0.29) is 0 Å². The van der Waals surface area contributed by atoms with Crippen molar-refractivity contribution in [2.24, 2.45) is 0 Å². The molecule has 1 aliphatic carbocycles. The largest absolute Gasteiger partial charge is 0.456 e. The maximum atomic E-state index is 6.97. The highest BCUT2D eigenvalue weighted by Crippen LogP contribution is 2.49. The van der Waals surface area contributed by atoms with Crippen molar-refractivity contribution in [3.8, 4) is 28.3 Å². The molecule has 0 spiro atoms. The highest BCUT2D eigenvalue weighted by atomic mass is 16.3. The van der Waals surface area contributed by atoms with Crippen LogP contribution in [0.4, 0.5) is 0 Å². The van der Waals surface area contributed by atoms with Gasteiger partial charge >= 0.3 is 0 Å². The number of allylic oxidation sites excluding steroid dienone is 1. The number of rotatable bonds is 3. The van der Waals surface area contributed by atoms with Gasteiger partial charge in [-0.15, -0.1) is 0 Å². The molecule has 0 unspecified atom stereocenters. The molecule has 0 aliphatic heterocycles. The van der Waals surface area contributed by atoms with Gasteiger partial charge in [0.15, 0.2) is 0 Å². The summed E-state index contributed by atoms with van der Waals surface area (Å²) in [7, 11) is 0. The number of para-hydroxylation sites is 3. The second-order valence-corrected chi connectivity index (χ2v) is 15.1. The minimum Gasteiger partial charge on any atom is -0.456 e. The van der Waals surface area contributed by atoms with Crippen LogP contribution >= 0.6 is 0 Å². The number of hydrogen-bond donors (Lipinski definition) is 0. The molecule has 8 aromatic carbocycles. The van der Waals surface area contributed by atoms with Crippen LogP contribution < -0.4 is 0 Å². The monoisotopic (exact) mass is 729 g/mol. The van der Waals surface area contributed by atoms with Gasteiger partial charge in [0.2, 0.25) is 5.95 Å². The third-order valence-corrected chi connectivity index (χ3v) is 12.0. The molecule has 0 radical (unpaired) electrons. The lowest BCUT2D eigenvalue weighted by molar-refractivity contribution is 0.669. The molecule has 57 heavy (non-hydrogen) atoms. The van der Waals surface area contributed by atoms with Crippen LogP contribution in [0.2, 0.25) is 0 Å². The summed E-state index contributed by atoms with van der Waals surface area (Å²) in [6.07, 6.45) is 6.40. The summed E-state index contributed by atoms with van der Waals surface area (Å²) in [5, 5.41) is 9.71. The first kappa shape index (κ1) is 30.8. The fourth-order valence-corrected chi connectivity index (χ4v) is 9.59. The molecule has 0 atom stereocenters. The third-order valence-electron chi connectivity index (χ3n) is 12.0. The maximum Gasteiger partial charge on any atom is 0.235 e. The summed E-state index contributed by atoms with van der Waals surface area (Å²) in [6, 6.07) is 53.4. The SMILES string of the molecule is C1=Cc2ccc3c(-c4cccc(-c5ccccc5)c4)nc(-n4c5ccccc5c5c6oc7ccccc7c6c6c(ccc7oc8ccccc8c76)c54)nc3c2CC1. The minimum absolute atomic E-state index is 0.630. The van der Waals surface area contributed by atoms with E-state index in [2.05, 4.69) is 156 Å². The van der Waals surface area contributed by atoms with Crippen molar-refractivity contribution in [3.05, 3.63) is 169 Å².